The van der Waals surface area contributed by atoms with E-state index in [-0.39, 0.29) is 0 Å². The van der Waals surface area contributed by atoms with Gasteiger partial charge in [0.05, 0.1) is 0 Å². The number of aromatic nitrogens is 2. The third-order valence-electron chi connectivity index (χ3n) is 3.05. The van der Waals surface area contributed by atoms with Crippen molar-refractivity contribution in [1.29, 1.82) is 0 Å². The maximum absolute atomic E-state index is 5.73. The van der Waals surface area contributed by atoms with Crippen LogP contribution in [0.1, 0.15) is 37.4 Å². The van der Waals surface area contributed by atoms with Crippen molar-refractivity contribution in [3.63, 3.8) is 0 Å². The van der Waals surface area contributed by atoms with Gasteiger partial charge in [-0.25, -0.2) is 9.97 Å². The first-order valence-electron chi connectivity index (χ1n) is 5.96. The predicted molar refractivity (Wildman–Crippen MR) is 67.1 cm³/mol. The van der Waals surface area contributed by atoms with Gasteiger partial charge >= 0.3 is 0 Å². The fourth-order valence-electron chi connectivity index (χ4n) is 2.11. The van der Waals surface area contributed by atoms with Crippen LogP contribution in [0.2, 0.25) is 0 Å². The highest BCUT2D eigenvalue weighted by Gasteiger charge is 2.16. The minimum Gasteiger partial charge on any atom is -0.367 e. The number of fused-ring (bicyclic) bond motifs is 1. The number of aryl methyl sites for hydroxylation is 1. The highest BCUT2D eigenvalue weighted by atomic mass is 35.5. The number of rotatable bonds is 4. The van der Waals surface area contributed by atoms with Gasteiger partial charge in [-0.1, -0.05) is 0 Å². The lowest BCUT2D eigenvalue weighted by Gasteiger charge is -2.20. The number of hydrogen-bond acceptors (Lipinski definition) is 3. The minimum absolute atomic E-state index is 0.374. The molecule has 1 unspecified atom stereocenters. The van der Waals surface area contributed by atoms with Crippen molar-refractivity contribution < 1.29 is 0 Å². The van der Waals surface area contributed by atoms with Crippen LogP contribution in [-0.4, -0.2) is 21.9 Å². The molecule has 0 spiro atoms. The molecule has 88 valence electrons. The molecule has 4 heteroatoms. The Kier molecular flexibility index (Phi) is 3.99. The molecule has 0 aliphatic heterocycles. The molecule has 3 nitrogen and oxygen atoms in total. The summed E-state index contributed by atoms with van der Waals surface area (Å²) in [7, 11) is 0. The Morgan fingerprint density at radius 1 is 1.38 bits per heavy atom. The molecule has 16 heavy (non-hydrogen) atoms. The summed E-state index contributed by atoms with van der Waals surface area (Å²) in [6.45, 7) is 2.14. The second-order valence-electron chi connectivity index (χ2n) is 4.38. The van der Waals surface area contributed by atoms with Crippen molar-refractivity contribution in [2.45, 2.75) is 45.1 Å². The van der Waals surface area contributed by atoms with Gasteiger partial charge in [0.25, 0.3) is 0 Å². The van der Waals surface area contributed by atoms with Crippen molar-refractivity contribution in [2.24, 2.45) is 0 Å². The molecule has 0 amide bonds. The molecule has 0 saturated carbocycles. The first kappa shape index (κ1) is 11.6. The smallest absolute Gasteiger partial charge is 0.133 e. The molecule has 1 aromatic rings. The van der Waals surface area contributed by atoms with Crippen LogP contribution in [0.4, 0.5) is 5.82 Å². The van der Waals surface area contributed by atoms with Crippen LogP contribution in [0.25, 0.3) is 0 Å². The normalized spacial score (nSPS) is 16.6. The first-order valence-corrected chi connectivity index (χ1v) is 6.50. The van der Waals surface area contributed by atoms with E-state index < -0.39 is 0 Å². The lowest BCUT2D eigenvalue weighted by Crippen LogP contribution is -2.20. The third kappa shape index (κ3) is 2.64. The molecule has 1 heterocycles. The van der Waals surface area contributed by atoms with Crippen molar-refractivity contribution in [1.82, 2.24) is 9.97 Å². The number of hydrogen-bond donors (Lipinski definition) is 1. The molecule has 0 radical (unpaired) electrons. The van der Waals surface area contributed by atoms with Crippen LogP contribution in [0.3, 0.4) is 0 Å². The number of halogens is 1. The standard InChI is InChI=1S/C12H18ClN3/c1-9(6-7-13)16-12-10-4-2-3-5-11(10)14-8-15-12/h8-9H,2-7H2,1H3,(H,14,15,16). The summed E-state index contributed by atoms with van der Waals surface area (Å²) in [6, 6.07) is 0.374. The predicted octanol–water partition coefficient (Wildman–Crippen LogP) is 2.78. The molecule has 1 aromatic heterocycles. The summed E-state index contributed by atoms with van der Waals surface area (Å²) < 4.78 is 0. The van der Waals surface area contributed by atoms with Crippen LogP contribution >= 0.6 is 11.6 Å². The second kappa shape index (κ2) is 5.48. The molecule has 1 N–H and O–H groups in total. The van der Waals surface area contributed by atoms with E-state index in [0.717, 1.165) is 25.1 Å². The van der Waals surface area contributed by atoms with Gasteiger partial charge in [-0.05, 0) is 39.0 Å². The van der Waals surface area contributed by atoms with Gasteiger partial charge in [0.2, 0.25) is 0 Å². The Morgan fingerprint density at radius 3 is 3.00 bits per heavy atom. The number of anilines is 1. The summed E-state index contributed by atoms with van der Waals surface area (Å²) in [4.78, 5) is 8.70. The van der Waals surface area contributed by atoms with Crippen LogP contribution in [0, 0.1) is 0 Å². The molecule has 1 aliphatic carbocycles. The van der Waals surface area contributed by atoms with E-state index in [0.29, 0.717) is 11.9 Å². The lowest BCUT2D eigenvalue weighted by molar-refractivity contribution is 0.659. The van der Waals surface area contributed by atoms with Crippen LogP contribution in [0.15, 0.2) is 6.33 Å². The lowest BCUT2D eigenvalue weighted by atomic mass is 9.96. The monoisotopic (exact) mass is 239 g/mol. The van der Waals surface area contributed by atoms with Crippen molar-refractivity contribution >= 4 is 17.4 Å². The summed E-state index contributed by atoms with van der Waals surface area (Å²) >= 11 is 5.73. The zero-order valence-electron chi connectivity index (χ0n) is 9.67. The van der Waals surface area contributed by atoms with Crippen molar-refractivity contribution in [2.75, 3.05) is 11.2 Å². The van der Waals surface area contributed by atoms with E-state index in [4.69, 9.17) is 11.6 Å². The van der Waals surface area contributed by atoms with E-state index in [1.54, 1.807) is 6.33 Å². The largest absolute Gasteiger partial charge is 0.367 e. The zero-order chi connectivity index (χ0) is 11.4. The van der Waals surface area contributed by atoms with E-state index in [9.17, 15) is 0 Å². The summed E-state index contributed by atoms with van der Waals surface area (Å²) in [5.41, 5.74) is 2.54. The zero-order valence-corrected chi connectivity index (χ0v) is 10.4. The van der Waals surface area contributed by atoms with Crippen LogP contribution < -0.4 is 5.32 Å². The molecule has 0 bridgehead atoms. The van der Waals surface area contributed by atoms with Gasteiger partial charge < -0.3 is 5.32 Å². The Morgan fingerprint density at radius 2 is 2.19 bits per heavy atom. The molecule has 0 aromatic carbocycles. The number of nitrogens with one attached hydrogen (secondary N) is 1. The highest BCUT2D eigenvalue weighted by Crippen LogP contribution is 2.24. The molecular weight excluding hydrogens is 222 g/mol. The quantitative estimate of drug-likeness (QED) is 0.822. The van der Waals surface area contributed by atoms with E-state index >= 15 is 0 Å². The molecule has 1 atom stereocenters. The fraction of sp³-hybridized carbons (Fsp3) is 0.667. The van der Waals surface area contributed by atoms with E-state index in [1.165, 1.54) is 24.1 Å². The van der Waals surface area contributed by atoms with Crippen LogP contribution in [0.5, 0.6) is 0 Å². The first-order chi connectivity index (χ1) is 7.81. The van der Waals surface area contributed by atoms with E-state index in [1.807, 2.05) is 0 Å². The van der Waals surface area contributed by atoms with Gasteiger partial charge in [0.15, 0.2) is 0 Å². The maximum atomic E-state index is 5.73. The highest BCUT2D eigenvalue weighted by molar-refractivity contribution is 6.17. The van der Waals surface area contributed by atoms with Gasteiger partial charge in [-0.2, -0.15) is 0 Å². The SMILES string of the molecule is CC(CCCl)Nc1ncnc2c1CCCC2. The summed E-state index contributed by atoms with van der Waals surface area (Å²) in [5.74, 6) is 1.70. The molecule has 1 aliphatic rings. The van der Waals surface area contributed by atoms with Gasteiger partial charge in [-0.15, -0.1) is 11.6 Å². The van der Waals surface area contributed by atoms with E-state index in [2.05, 4.69) is 22.2 Å². The van der Waals surface area contributed by atoms with Gasteiger partial charge in [0.1, 0.15) is 12.1 Å². The molecule has 0 fully saturated rings. The summed E-state index contributed by atoms with van der Waals surface area (Å²) in [5, 5.41) is 3.44. The average molecular weight is 240 g/mol. The minimum atomic E-state index is 0.374. The third-order valence-corrected chi connectivity index (χ3v) is 3.27. The van der Waals surface area contributed by atoms with Crippen molar-refractivity contribution in [3.8, 4) is 0 Å². The average Bonchev–Trinajstić information content (AvgIpc) is 2.30. The Hall–Kier alpha value is -0.830. The fourth-order valence-corrected chi connectivity index (χ4v) is 2.44. The molecular formula is C12H18ClN3. The van der Waals surface area contributed by atoms with Gasteiger partial charge in [-0.3, -0.25) is 0 Å². The van der Waals surface area contributed by atoms with Crippen molar-refractivity contribution in [3.05, 3.63) is 17.6 Å². The molecule has 0 saturated heterocycles. The maximum Gasteiger partial charge on any atom is 0.133 e. The van der Waals surface area contributed by atoms with Gasteiger partial charge in [0, 0.05) is 23.2 Å². The Bertz CT molecular complexity index is 354. The summed E-state index contributed by atoms with van der Waals surface area (Å²) in [6.07, 6.45) is 7.32. The Balaban J connectivity index is 2.14. The second-order valence-corrected chi connectivity index (χ2v) is 4.76. The number of alkyl halides is 1. The number of nitrogens with zero attached hydrogens (tertiary/aromatic N) is 2. The topological polar surface area (TPSA) is 37.8 Å². The Labute approximate surface area is 102 Å². The van der Waals surface area contributed by atoms with Crippen LogP contribution in [-0.2, 0) is 12.8 Å². The molecule has 2 rings (SSSR count).